The Morgan fingerprint density at radius 3 is 2.15 bits per heavy atom. The first-order valence-corrected chi connectivity index (χ1v) is 9.84. The molecule has 0 aliphatic heterocycles. The second-order valence-electron chi connectivity index (χ2n) is 8.12. The van der Waals surface area contributed by atoms with Crippen molar-refractivity contribution >= 4 is 5.78 Å². The van der Waals surface area contributed by atoms with Crippen LogP contribution in [-0.4, -0.2) is 15.3 Å². The van der Waals surface area contributed by atoms with Crippen molar-refractivity contribution in [1.29, 1.82) is 0 Å². The fourth-order valence-corrected chi connectivity index (χ4v) is 4.22. The Kier molecular flexibility index (Phi) is 7.19. The van der Waals surface area contributed by atoms with E-state index < -0.39 is 0 Å². The van der Waals surface area contributed by atoms with E-state index in [1.807, 2.05) is 38.5 Å². The lowest BCUT2D eigenvalue weighted by Crippen LogP contribution is -2.41. The number of carbonyl (C=O) groups is 1. The molecule has 0 bridgehead atoms. The number of ketones is 1. The van der Waals surface area contributed by atoms with Gasteiger partial charge < -0.3 is 4.57 Å². The van der Waals surface area contributed by atoms with E-state index in [9.17, 15) is 4.79 Å². The molecule has 2 unspecified atom stereocenters. The van der Waals surface area contributed by atoms with Crippen LogP contribution in [0.4, 0.5) is 0 Å². The summed E-state index contributed by atoms with van der Waals surface area (Å²) in [6.07, 6.45) is 8.50. The van der Waals surface area contributed by atoms with Gasteiger partial charge in [-0.05, 0) is 69.4 Å². The molecule has 0 N–H and O–H groups in total. The number of aryl methyl sites for hydroxylation is 3. The zero-order valence-corrected chi connectivity index (χ0v) is 17.2. The molecule has 0 saturated heterocycles. The van der Waals surface area contributed by atoms with Crippen LogP contribution in [0.1, 0.15) is 62.0 Å². The summed E-state index contributed by atoms with van der Waals surface area (Å²) >= 11 is 0. The van der Waals surface area contributed by atoms with Gasteiger partial charge in [-0.25, -0.2) is 4.98 Å². The van der Waals surface area contributed by atoms with Crippen molar-refractivity contribution in [3.63, 3.8) is 0 Å². The predicted octanol–water partition coefficient (Wildman–Crippen LogP) is 5.71. The number of hydrogen-bond donors (Lipinski definition) is 0. The molecule has 2 aromatic rings. The van der Waals surface area contributed by atoms with E-state index >= 15 is 0 Å². The number of benzene rings is 1. The van der Waals surface area contributed by atoms with Gasteiger partial charge >= 0.3 is 0 Å². The first kappa shape index (κ1) is 20.4. The van der Waals surface area contributed by atoms with Crippen molar-refractivity contribution in [3.05, 3.63) is 53.6 Å². The molecule has 0 amide bonds. The summed E-state index contributed by atoms with van der Waals surface area (Å²) in [5, 5.41) is 0. The van der Waals surface area contributed by atoms with Crippen molar-refractivity contribution in [2.24, 2.45) is 23.7 Å². The molecular formula is C23H34N2O. The zero-order valence-electron chi connectivity index (χ0n) is 17.2. The maximum Gasteiger partial charge on any atom is 0.159 e. The van der Waals surface area contributed by atoms with Crippen molar-refractivity contribution in [3.8, 4) is 0 Å². The van der Waals surface area contributed by atoms with E-state index in [0.717, 1.165) is 46.9 Å². The first-order chi connectivity index (χ1) is 12.3. The van der Waals surface area contributed by atoms with Crippen LogP contribution in [0.15, 0.2) is 36.9 Å². The number of aromatic nitrogens is 2. The minimum Gasteiger partial charge on any atom is -0.337 e. The van der Waals surface area contributed by atoms with Gasteiger partial charge in [0.05, 0.1) is 6.33 Å². The summed E-state index contributed by atoms with van der Waals surface area (Å²) in [5.41, 5.74) is 3.10. The van der Waals surface area contributed by atoms with Crippen LogP contribution in [0.3, 0.4) is 0 Å². The van der Waals surface area contributed by atoms with Crippen molar-refractivity contribution in [1.82, 2.24) is 9.55 Å². The Labute approximate surface area is 158 Å². The molecule has 1 heterocycles. The fourth-order valence-electron chi connectivity index (χ4n) is 4.22. The summed E-state index contributed by atoms with van der Waals surface area (Å²) < 4.78 is 2.18. The maximum atomic E-state index is 10.9. The summed E-state index contributed by atoms with van der Waals surface area (Å²) in [6.45, 7) is 13.9. The number of rotatable bonds is 5. The molecule has 1 saturated carbocycles. The van der Waals surface area contributed by atoms with Crippen LogP contribution in [0.25, 0.3) is 0 Å². The molecule has 1 aromatic heterocycles. The maximum absolute atomic E-state index is 10.9. The second-order valence-corrected chi connectivity index (χ2v) is 8.12. The van der Waals surface area contributed by atoms with E-state index in [1.54, 1.807) is 6.92 Å². The van der Waals surface area contributed by atoms with Crippen molar-refractivity contribution in [2.75, 3.05) is 0 Å². The first-order valence-electron chi connectivity index (χ1n) is 9.84. The highest BCUT2D eigenvalue weighted by Crippen LogP contribution is 2.47. The van der Waals surface area contributed by atoms with E-state index in [-0.39, 0.29) is 5.78 Å². The SMILES string of the molecule is CC(=O)c1cc(C)cc(C)c1.CC1C(C)C(CCCn2ccnc2)C1C. The van der Waals surface area contributed by atoms with Gasteiger partial charge in [-0.2, -0.15) is 0 Å². The monoisotopic (exact) mass is 354 g/mol. The average Bonchev–Trinajstić information content (AvgIpc) is 3.11. The Hall–Kier alpha value is -1.90. The average molecular weight is 355 g/mol. The van der Waals surface area contributed by atoms with E-state index in [1.165, 1.54) is 12.8 Å². The van der Waals surface area contributed by atoms with E-state index in [0.29, 0.717) is 0 Å². The van der Waals surface area contributed by atoms with Crippen molar-refractivity contribution in [2.45, 2.75) is 60.9 Å². The molecule has 26 heavy (non-hydrogen) atoms. The third-order valence-electron chi connectivity index (χ3n) is 6.15. The third-order valence-corrected chi connectivity index (χ3v) is 6.15. The largest absolute Gasteiger partial charge is 0.337 e. The molecule has 3 nitrogen and oxygen atoms in total. The minimum atomic E-state index is 0.136. The van der Waals surface area contributed by atoms with Gasteiger partial charge in [-0.3, -0.25) is 4.79 Å². The molecule has 3 heteroatoms. The van der Waals surface area contributed by atoms with Crippen molar-refractivity contribution < 1.29 is 4.79 Å². The molecule has 0 radical (unpaired) electrons. The summed E-state index contributed by atoms with van der Waals surface area (Å²) in [4.78, 5) is 15.0. The molecule has 0 spiro atoms. The summed E-state index contributed by atoms with van der Waals surface area (Å²) in [5.74, 6) is 3.90. The molecule has 1 aliphatic carbocycles. The van der Waals surface area contributed by atoms with E-state index in [4.69, 9.17) is 0 Å². The van der Waals surface area contributed by atoms with Crippen LogP contribution >= 0.6 is 0 Å². The molecule has 1 fully saturated rings. The Bertz CT molecular complexity index is 675. The minimum absolute atomic E-state index is 0.136. The van der Waals surface area contributed by atoms with Crippen LogP contribution in [0.2, 0.25) is 0 Å². The molecule has 1 aromatic carbocycles. The molecule has 142 valence electrons. The van der Waals surface area contributed by atoms with Gasteiger partial charge in [-0.1, -0.05) is 38.0 Å². The van der Waals surface area contributed by atoms with Gasteiger partial charge in [0, 0.05) is 24.5 Å². The van der Waals surface area contributed by atoms with Gasteiger partial charge in [0.15, 0.2) is 5.78 Å². The lowest BCUT2D eigenvalue weighted by atomic mass is 9.57. The Balaban J connectivity index is 0.000000197. The molecule has 2 atom stereocenters. The highest BCUT2D eigenvalue weighted by molar-refractivity contribution is 5.94. The van der Waals surface area contributed by atoms with Crippen LogP contribution in [0.5, 0.6) is 0 Å². The van der Waals surface area contributed by atoms with Crippen LogP contribution in [0, 0.1) is 37.5 Å². The van der Waals surface area contributed by atoms with Crippen LogP contribution < -0.4 is 0 Å². The number of Topliss-reactive ketones (excluding diaryl/α,β-unsaturated/α-hetero) is 1. The normalized spacial score (nSPS) is 24.4. The number of nitrogens with zero attached hydrogens (tertiary/aromatic N) is 2. The quantitative estimate of drug-likeness (QED) is 0.645. The number of carbonyl (C=O) groups excluding carboxylic acids is 1. The second kappa shape index (κ2) is 9.16. The smallest absolute Gasteiger partial charge is 0.159 e. The predicted molar refractivity (Wildman–Crippen MR) is 108 cm³/mol. The number of hydrogen-bond acceptors (Lipinski definition) is 2. The Morgan fingerprint density at radius 1 is 1.04 bits per heavy atom. The standard InChI is InChI=1S/C13H22N2.C10H12O/c1-10-11(2)13(12(10)3)5-4-7-15-8-6-14-9-15;1-7-4-8(2)6-10(5-7)9(3)11/h6,8-13H,4-5,7H2,1-3H3;4-6H,1-3H3. The zero-order chi connectivity index (χ0) is 19.3. The van der Waals surface area contributed by atoms with Gasteiger partial charge in [0.25, 0.3) is 0 Å². The van der Waals surface area contributed by atoms with Gasteiger partial charge in [0.2, 0.25) is 0 Å². The summed E-state index contributed by atoms with van der Waals surface area (Å²) in [7, 11) is 0. The number of imidazole rings is 1. The van der Waals surface area contributed by atoms with Gasteiger partial charge in [0.1, 0.15) is 0 Å². The van der Waals surface area contributed by atoms with Crippen LogP contribution in [-0.2, 0) is 6.54 Å². The molecule has 1 aliphatic rings. The summed E-state index contributed by atoms with van der Waals surface area (Å²) in [6, 6.07) is 5.89. The lowest BCUT2D eigenvalue weighted by Gasteiger charge is -2.48. The fraction of sp³-hybridized carbons (Fsp3) is 0.565. The highest BCUT2D eigenvalue weighted by atomic mass is 16.1. The van der Waals surface area contributed by atoms with E-state index in [2.05, 4.69) is 42.6 Å². The third kappa shape index (κ3) is 5.30. The lowest BCUT2D eigenvalue weighted by molar-refractivity contribution is 0.00764. The Morgan fingerprint density at radius 2 is 1.65 bits per heavy atom. The molecular weight excluding hydrogens is 320 g/mol. The highest BCUT2D eigenvalue weighted by Gasteiger charge is 2.40. The van der Waals surface area contributed by atoms with Gasteiger partial charge in [-0.15, -0.1) is 0 Å². The topological polar surface area (TPSA) is 34.9 Å². The molecule has 3 rings (SSSR count).